The lowest BCUT2D eigenvalue weighted by Crippen LogP contribution is -2.17. The summed E-state index contributed by atoms with van der Waals surface area (Å²) in [6, 6.07) is 83.5. The average molecular weight is 1040 g/mol. The summed E-state index contributed by atoms with van der Waals surface area (Å²) in [6.45, 7) is 14.9. The van der Waals surface area contributed by atoms with Gasteiger partial charge in [-0.2, -0.15) is 0 Å². The van der Waals surface area contributed by atoms with E-state index in [9.17, 15) is 0 Å². The molecule has 3 aliphatic rings. The van der Waals surface area contributed by atoms with Crippen LogP contribution in [0, 0.1) is 0 Å². The van der Waals surface area contributed by atoms with E-state index in [1.807, 2.05) is 22.7 Å². The summed E-state index contributed by atoms with van der Waals surface area (Å²) >= 11 is 3.85. The lowest BCUT2D eigenvalue weighted by molar-refractivity contribution is 0.649. The first-order valence-electron chi connectivity index (χ1n) is 28.0. The van der Waals surface area contributed by atoms with E-state index < -0.39 is 0 Å². The van der Waals surface area contributed by atoms with E-state index in [1.54, 1.807) is 0 Å². The van der Waals surface area contributed by atoms with Gasteiger partial charge in [0.1, 0.15) is 0 Å². The van der Waals surface area contributed by atoms with Gasteiger partial charge in [-0.05, 0) is 181 Å². The molecule has 0 aliphatic heterocycles. The Morgan fingerprint density at radius 2 is 0.557 bits per heavy atom. The van der Waals surface area contributed by atoms with E-state index in [0.29, 0.717) is 0 Å². The highest BCUT2D eigenvalue weighted by Gasteiger charge is 2.46. The Kier molecular flexibility index (Phi) is 9.17. The molecule has 0 bridgehead atoms. The molecule has 0 fully saturated rings. The van der Waals surface area contributed by atoms with Crippen LogP contribution in [0.1, 0.15) is 74.9 Å². The molecule has 0 amide bonds. The first-order valence-corrected chi connectivity index (χ1v) is 29.6. The van der Waals surface area contributed by atoms with Crippen LogP contribution in [0.3, 0.4) is 0 Å². The van der Waals surface area contributed by atoms with Gasteiger partial charge >= 0.3 is 0 Å². The molecule has 0 unspecified atom stereocenters. The summed E-state index contributed by atoms with van der Waals surface area (Å²) in [6.07, 6.45) is 0. The molecular weight excluding hydrogens is 989 g/mol. The Labute approximate surface area is 468 Å². The second kappa shape index (κ2) is 15.9. The molecule has 12 aromatic carbocycles. The third-order valence-corrected chi connectivity index (χ3v) is 21.5. The van der Waals surface area contributed by atoms with Crippen LogP contribution in [0.25, 0.3) is 140 Å². The topological polar surface area (TPSA) is 0 Å². The second-order valence-electron chi connectivity index (χ2n) is 24.2. The standard InChI is InChI=1S/C77H54S2/c1-75(2)61-41-59-63(76(3,4)65-37-55(47-25-13-15-27-49(47)69(59)65)51-31-19-35-67-71(51)53-33-17-29-45(73(53)78-67)43-21-9-7-10-22-43)39-57(61)58-40-64-60(42-62(58)75)70-50-28-16-14-26-48(50)56(38-66(70)77(64,5)6)52-32-20-36-68-72(52)54-34-18-30-46(74(54)79-68)44-23-11-8-12-24-44/h7-42H,1-6H3. The van der Waals surface area contributed by atoms with Crippen molar-refractivity contribution in [3.8, 4) is 77.9 Å². The van der Waals surface area contributed by atoms with Crippen LogP contribution in [0.5, 0.6) is 0 Å². The summed E-state index contributed by atoms with van der Waals surface area (Å²) in [4.78, 5) is 0. The van der Waals surface area contributed by atoms with Gasteiger partial charge in [0.2, 0.25) is 0 Å². The third-order valence-electron chi connectivity index (χ3n) is 19.1. The molecular formula is C77H54S2. The third kappa shape index (κ3) is 6.03. The van der Waals surface area contributed by atoms with Crippen LogP contribution >= 0.6 is 22.7 Å². The fourth-order valence-corrected chi connectivity index (χ4v) is 17.7. The zero-order valence-corrected chi connectivity index (χ0v) is 46.7. The van der Waals surface area contributed by atoms with Gasteiger partial charge in [0.15, 0.2) is 0 Å². The molecule has 0 radical (unpaired) electrons. The van der Waals surface area contributed by atoms with Gasteiger partial charge in [-0.3, -0.25) is 0 Å². The van der Waals surface area contributed by atoms with Gasteiger partial charge in [0.25, 0.3) is 0 Å². The molecule has 0 spiro atoms. The normalized spacial score (nSPS) is 15.0. The molecule has 0 saturated heterocycles. The summed E-state index contributed by atoms with van der Waals surface area (Å²) in [5.41, 5.74) is 26.5. The van der Waals surface area contributed by atoms with Crippen LogP contribution in [-0.4, -0.2) is 0 Å². The van der Waals surface area contributed by atoms with E-state index in [2.05, 4.69) is 260 Å². The number of thiophene rings is 2. The predicted octanol–water partition coefficient (Wildman–Crippen LogP) is 22.3. The Bertz CT molecular complexity index is 4700. The van der Waals surface area contributed by atoms with E-state index in [0.717, 1.165) is 0 Å². The molecule has 2 heteroatoms. The number of hydrogen-bond donors (Lipinski definition) is 0. The van der Waals surface area contributed by atoms with Gasteiger partial charge in [-0.1, -0.05) is 211 Å². The number of hydrogen-bond acceptors (Lipinski definition) is 2. The van der Waals surface area contributed by atoms with Crippen molar-refractivity contribution in [3.63, 3.8) is 0 Å². The molecule has 0 saturated carbocycles. The summed E-state index contributed by atoms with van der Waals surface area (Å²) in [7, 11) is 0. The maximum atomic E-state index is 2.62. The summed E-state index contributed by atoms with van der Waals surface area (Å²) in [5.74, 6) is 0. The minimum absolute atomic E-state index is 0.220. The Morgan fingerprint density at radius 1 is 0.241 bits per heavy atom. The maximum absolute atomic E-state index is 2.62. The Balaban J connectivity index is 0.820. The van der Waals surface area contributed by atoms with Crippen LogP contribution < -0.4 is 0 Å². The van der Waals surface area contributed by atoms with Crippen molar-refractivity contribution >= 4 is 84.6 Å². The van der Waals surface area contributed by atoms with E-state index in [4.69, 9.17) is 0 Å². The fourth-order valence-electron chi connectivity index (χ4n) is 15.2. The van der Waals surface area contributed by atoms with Crippen molar-refractivity contribution in [2.75, 3.05) is 0 Å². The highest BCUT2D eigenvalue weighted by molar-refractivity contribution is 7.27. The number of benzene rings is 12. The quantitative estimate of drug-likeness (QED) is 0.165. The Hall–Kier alpha value is -8.40. The highest BCUT2D eigenvalue weighted by Crippen LogP contribution is 2.62. The van der Waals surface area contributed by atoms with Crippen molar-refractivity contribution in [1.82, 2.24) is 0 Å². The predicted molar refractivity (Wildman–Crippen MR) is 342 cm³/mol. The van der Waals surface area contributed by atoms with Crippen LogP contribution in [-0.2, 0) is 16.2 Å². The number of fused-ring (bicyclic) bond motifs is 19. The minimum Gasteiger partial charge on any atom is -0.135 e. The molecule has 0 nitrogen and oxygen atoms in total. The smallest absolute Gasteiger partial charge is 0.0434 e. The fraction of sp³-hybridized carbons (Fsp3) is 0.117. The molecule has 2 heterocycles. The molecule has 14 aromatic rings. The average Bonchev–Trinajstić information content (AvgIpc) is 3.50. The van der Waals surface area contributed by atoms with Crippen LogP contribution in [0.2, 0.25) is 0 Å². The minimum atomic E-state index is -0.238. The molecule has 79 heavy (non-hydrogen) atoms. The Morgan fingerprint density at radius 3 is 0.987 bits per heavy atom. The molecule has 0 N–H and O–H groups in total. The van der Waals surface area contributed by atoms with E-state index in [-0.39, 0.29) is 16.2 Å². The van der Waals surface area contributed by atoms with Crippen molar-refractivity contribution in [1.29, 1.82) is 0 Å². The van der Waals surface area contributed by atoms with E-state index in [1.165, 1.54) is 173 Å². The van der Waals surface area contributed by atoms with Crippen molar-refractivity contribution in [2.45, 2.75) is 57.8 Å². The largest absolute Gasteiger partial charge is 0.135 e. The van der Waals surface area contributed by atoms with E-state index >= 15 is 0 Å². The van der Waals surface area contributed by atoms with Crippen molar-refractivity contribution in [2.24, 2.45) is 0 Å². The zero-order chi connectivity index (χ0) is 52.8. The first kappa shape index (κ1) is 45.6. The molecule has 2 aromatic heterocycles. The lowest BCUT2D eigenvalue weighted by Gasteiger charge is -2.25. The molecule has 3 aliphatic carbocycles. The zero-order valence-electron chi connectivity index (χ0n) is 45.1. The maximum Gasteiger partial charge on any atom is 0.0434 e. The van der Waals surface area contributed by atoms with Gasteiger partial charge in [0.05, 0.1) is 0 Å². The molecule has 0 atom stereocenters. The van der Waals surface area contributed by atoms with Crippen molar-refractivity contribution < 1.29 is 0 Å². The van der Waals surface area contributed by atoms with Gasteiger partial charge in [-0.15, -0.1) is 22.7 Å². The van der Waals surface area contributed by atoms with Crippen molar-refractivity contribution in [3.05, 3.63) is 252 Å². The van der Waals surface area contributed by atoms with Gasteiger partial charge in [-0.25, -0.2) is 0 Å². The second-order valence-corrected chi connectivity index (χ2v) is 26.3. The monoisotopic (exact) mass is 1040 g/mol. The van der Waals surface area contributed by atoms with Gasteiger partial charge in [0, 0.05) is 56.6 Å². The molecule has 374 valence electrons. The van der Waals surface area contributed by atoms with Crippen LogP contribution in [0.4, 0.5) is 0 Å². The summed E-state index contributed by atoms with van der Waals surface area (Å²) in [5, 5.41) is 10.6. The summed E-state index contributed by atoms with van der Waals surface area (Å²) < 4.78 is 5.35. The lowest BCUT2D eigenvalue weighted by atomic mass is 9.78. The van der Waals surface area contributed by atoms with Crippen LogP contribution in [0.15, 0.2) is 218 Å². The van der Waals surface area contributed by atoms with Gasteiger partial charge < -0.3 is 0 Å². The first-order chi connectivity index (χ1) is 38.5. The number of rotatable bonds is 4. The SMILES string of the molecule is CC1(C)c2cc3c(cc2-c2cc4c(cc21)-c1c(cc(-c2cccc5sc6c(-c7ccccc7)cccc6c25)c2ccccc12)C4(C)C)C(C)(C)c1cc(-c2cccc4sc5c(-c6ccccc6)cccc5c24)c2ccccc2c1-3. The molecule has 17 rings (SSSR count). The highest BCUT2D eigenvalue weighted by atomic mass is 32.1.